The molecule has 0 aromatic heterocycles. The maximum absolute atomic E-state index is 13.7. The summed E-state index contributed by atoms with van der Waals surface area (Å²) in [6, 6.07) is 3.38. The van der Waals surface area contributed by atoms with Crippen molar-refractivity contribution in [1.82, 2.24) is 10.2 Å². The third kappa shape index (κ3) is 4.73. The van der Waals surface area contributed by atoms with Crippen LogP contribution in [0.15, 0.2) is 18.2 Å². The van der Waals surface area contributed by atoms with Crippen LogP contribution in [0.25, 0.3) is 0 Å². The Morgan fingerprint density at radius 3 is 2.71 bits per heavy atom. The van der Waals surface area contributed by atoms with Crippen molar-refractivity contribution < 1.29 is 13.9 Å². The first-order valence-electron chi connectivity index (χ1n) is 7.61. The second-order valence-electron chi connectivity index (χ2n) is 5.80. The minimum Gasteiger partial charge on any atom is -0.395 e. The van der Waals surface area contributed by atoms with E-state index in [1.54, 1.807) is 0 Å². The first-order valence-corrected chi connectivity index (χ1v) is 7.61. The molecule has 0 aliphatic carbocycles. The minimum absolute atomic E-state index is 0.198. The predicted molar refractivity (Wildman–Crippen MR) is 79.0 cm³/mol. The number of hydrogen-bond donors (Lipinski definition) is 2. The summed E-state index contributed by atoms with van der Waals surface area (Å²) in [6.07, 6.45) is 2.15. The van der Waals surface area contributed by atoms with Gasteiger partial charge in [-0.05, 0) is 63.5 Å². The molecule has 0 amide bonds. The lowest BCUT2D eigenvalue weighted by Gasteiger charge is -2.32. The average molecular weight is 298 g/mol. The minimum atomic E-state index is -0.405. The summed E-state index contributed by atoms with van der Waals surface area (Å²) in [5.41, 5.74) is 0.382. The van der Waals surface area contributed by atoms with Gasteiger partial charge in [-0.1, -0.05) is 0 Å². The Bertz CT molecular complexity index is 448. The summed E-state index contributed by atoms with van der Waals surface area (Å²) >= 11 is 0. The van der Waals surface area contributed by atoms with Crippen molar-refractivity contribution in [2.45, 2.75) is 25.8 Å². The molecular weight excluding hydrogens is 274 g/mol. The highest BCUT2D eigenvalue weighted by molar-refractivity contribution is 5.21. The molecule has 1 saturated heterocycles. The van der Waals surface area contributed by atoms with Gasteiger partial charge in [-0.15, -0.1) is 0 Å². The monoisotopic (exact) mass is 298 g/mol. The number of piperidine rings is 1. The fourth-order valence-corrected chi connectivity index (χ4v) is 2.86. The zero-order valence-electron chi connectivity index (χ0n) is 12.5. The van der Waals surface area contributed by atoms with E-state index in [0.717, 1.165) is 45.1 Å². The molecular formula is C16H24F2N2O. The van der Waals surface area contributed by atoms with Gasteiger partial charge in [0, 0.05) is 18.2 Å². The lowest BCUT2D eigenvalue weighted by atomic mass is 9.96. The molecule has 118 valence electrons. The van der Waals surface area contributed by atoms with E-state index in [9.17, 15) is 8.78 Å². The van der Waals surface area contributed by atoms with E-state index in [1.165, 1.54) is 12.1 Å². The van der Waals surface area contributed by atoms with Gasteiger partial charge in [0.05, 0.1) is 6.61 Å². The summed E-state index contributed by atoms with van der Waals surface area (Å²) in [5, 5.41) is 12.2. The van der Waals surface area contributed by atoms with E-state index < -0.39 is 5.82 Å². The van der Waals surface area contributed by atoms with Gasteiger partial charge in [0.25, 0.3) is 0 Å². The maximum atomic E-state index is 13.7. The van der Waals surface area contributed by atoms with Crippen LogP contribution in [-0.2, 0) is 0 Å². The van der Waals surface area contributed by atoms with Crippen LogP contribution in [0.5, 0.6) is 0 Å². The van der Waals surface area contributed by atoms with E-state index in [1.807, 2.05) is 6.92 Å². The van der Waals surface area contributed by atoms with E-state index >= 15 is 0 Å². The number of aliphatic hydroxyl groups excluding tert-OH is 1. The van der Waals surface area contributed by atoms with Crippen molar-refractivity contribution in [3.63, 3.8) is 0 Å². The van der Waals surface area contributed by atoms with Gasteiger partial charge in [0.2, 0.25) is 0 Å². The van der Waals surface area contributed by atoms with Gasteiger partial charge >= 0.3 is 0 Å². The molecule has 1 fully saturated rings. The standard InChI is InChI=1S/C16H24F2N2O/c1-12(15-10-14(17)2-3-16(15)18)19-11-13-4-6-20(7-5-13)8-9-21/h2-3,10,12-13,19,21H,4-9,11H2,1H3. The molecule has 1 atom stereocenters. The molecule has 1 aromatic rings. The summed E-state index contributed by atoms with van der Waals surface area (Å²) in [5.74, 6) is -0.217. The molecule has 1 unspecified atom stereocenters. The van der Waals surface area contributed by atoms with Gasteiger partial charge in [-0.3, -0.25) is 0 Å². The van der Waals surface area contributed by atoms with Crippen molar-refractivity contribution in [3.8, 4) is 0 Å². The van der Waals surface area contributed by atoms with Crippen LogP contribution in [0.4, 0.5) is 8.78 Å². The summed E-state index contributed by atoms with van der Waals surface area (Å²) < 4.78 is 26.9. The largest absolute Gasteiger partial charge is 0.395 e. The van der Waals surface area contributed by atoms with Gasteiger partial charge in [-0.25, -0.2) is 8.78 Å². The van der Waals surface area contributed by atoms with Gasteiger partial charge in [0.1, 0.15) is 11.6 Å². The molecule has 3 nitrogen and oxygen atoms in total. The van der Waals surface area contributed by atoms with E-state index in [-0.39, 0.29) is 18.5 Å². The van der Waals surface area contributed by atoms with Crippen LogP contribution in [0.3, 0.4) is 0 Å². The zero-order chi connectivity index (χ0) is 15.2. The summed E-state index contributed by atoms with van der Waals surface area (Å²) in [4.78, 5) is 2.26. The molecule has 0 saturated carbocycles. The summed E-state index contributed by atoms with van der Waals surface area (Å²) in [6.45, 7) is 5.61. The molecule has 0 radical (unpaired) electrons. The van der Waals surface area contributed by atoms with Crippen LogP contribution in [0.1, 0.15) is 31.4 Å². The van der Waals surface area contributed by atoms with Crippen LogP contribution >= 0.6 is 0 Å². The Balaban J connectivity index is 1.79. The summed E-state index contributed by atoms with van der Waals surface area (Å²) in [7, 11) is 0. The van der Waals surface area contributed by atoms with Crippen LogP contribution < -0.4 is 5.32 Å². The quantitative estimate of drug-likeness (QED) is 0.846. The Morgan fingerprint density at radius 1 is 1.33 bits per heavy atom. The van der Waals surface area contributed by atoms with Crippen LogP contribution in [-0.4, -0.2) is 42.8 Å². The number of rotatable bonds is 6. The molecule has 2 rings (SSSR count). The molecule has 1 heterocycles. The van der Waals surface area contributed by atoms with Crippen molar-refractivity contribution in [2.24, 2.45) is 5.92 Å². The number of nitrogens with one attached hydrogen (secondary N) is 1. The molecule has 1 aliphatic heterocycles. The normalized spacial score (nSPS) is 18.9. The number of nitrogens with zero attached hydrogens (tertiary/aromatic N) is 1. The van der Waals surface area contributed by atoms with Crippen molar-refractivity contribution in [2.75, 3.05) is 32.8 Å². The highest BCUT2D eigenvalue weighted by Crippen LogP contribution is 2.20. The fraction of sp³-hybridized carbons (Fsp3) is 0.625. The van der Waals surface area contributed by atoms with Crippen LogP contribution in [0.2, 0.25) is 0 Å². The average Bonchev–Trinajstić information content (AvgIpc) is 2.49. The van der Waals surface area contributed by atoms with Gasteiger partial charge in [-0.2, -0.15) is 0 Å². The van der Waals surface area contributed by atoms with Gasteiger partial charge < -0.3 is 15.3 Å². The Morgan fingerprint density at radius 2 is 2.05 bits per heavy atom. The number of likely N-dealkylation sites (tertiary alicyclic amines) is 1. The smallest absolute Gasteiger partial charge is 0.128 e. The number of halogens is 2. The Kier molecular flexibility index (Phi) is 6.08. The number of β-amino-alcohol motifs (C(OH)–C–C–N with tert-alkyl or cyclic N) is 1. The lowest BCUT2D eigenvalue weighted by molar-refractivity contribution is 0.145. The second-order valence-corrected chi connectivity index (χ2v) is 5.80. The van der Waals surface area contributed by atoms with Crippen LogP contribution in [0, 0.1) is 17.6 Å². The maximum Gasteiger partial charge on any atom is 0.128 e. The first kappa shape index (κ1) is 16.3. The fourth-order valence-electron chi connectivity index (χ4n) is 2.86. The van der Waals surface area contributed by atoms with Crippen molar-refractivity contribution in [1.29, 1.82) is 0 Å². The molecule has 1 aliphatic rings. The lowest BCUT2D eigenvalue weighted by Crippen LogP contribution is -2.39. The van der Waals surface area contributed by atoms with E-state index in [4.69, 9.17) is 5.11 Å². The third-order valence-corrected chi connectivity index (χ3v) is 4.26. The highest BCUT2D eigenvalue weighted by atomic mass is 19.1. The second kappa shape index (κ2) is 7.82. The zero-order valence-corrected chi connectivity index (χ0v) is 12.5. The number of aliphatic hydroxyl groups is 1. The topological polar surface area (TPSA) is 35.5 Å². The molecule has 0 bridgehead atoms. The van der Waals surface area contributed by atoms with Gasteiger partial charge in [0.15, 0.2) is 0 Å². The third-order valence-electron chi connectivity index (χ3n) is 4.26. The van der Waals surface area contributed by atoms with E-state index in [2.05, 4.69) is 10.2 Å². The Labute approximate surface area is 125 Å². The van der Waals surface area contributed by atoms with Crippen molar-refractivity contribution in [3.05, 3.63) is 35.4 Å². The van der Waals surface area contributed by atoms with E-state index in [0.29, 0.717) is 11.5 Å². The molecule has 1 aromatic carbocycles. The Hall–Kier alpha value is -1.04. The van der Waals surface area contributed by atoms with Crippen molar-refractivity contribution >= 4 is 0 Å². The molecule has 5 heteroatoms. The molecule has 2 N–H and O–H groups in total. The SMILES string of the molecule is CC(NCC1CCN(CCO)CC1)c1cc(F)ccc1F. The molecule has 21 heavy (non-hydrogen) atoms. The highest BCUT2D eigenvalue weighted by Gasteiger charge is 2.20. The first-order chi connectivity index (χ1) is 10.1. The predicted octanol–water partition coefficient (Wildman–Crippen LogP) is 2.32. The number of hydrogen-bond acceptors (Lipinski definition) is 3. The number of benzene rings is 1. The molecule has 0 spiro atoms.